The molecule has 0 bridgehead atoms. The minimum Gasteiger partial charge on any atom is -0.461 e. The molecule has 3 rings (SSSR count). The number of benzene rings is 1. The van der Waals surface area contributed by atoms with E-state index >= 15 is 0 Å². The van der Waals surface area contributed by atoms with Crippen LogP contribution in [0.5, 0.6) is 0 Å². The van der Waals surface area contributed by atoms with Crippen molar-refractivity contribution < 1.29 is 9.53 Å². The second-order valence-corrected chi connectivity index (χ2v) is 4.32. The van der Waals surface area contributed by atoms with Gasteiger partial charge in [0.2, 0.25) is 5.78 Å². The van der Waals surface area contributed by atoms with Crippen LogP contribution in [-0.4, -0.2) is 26.5 Å². The zero-order valence-electron chi connectivity index (χ0n) is 11.1. The van der Waals surface area contributed by atoms with Crippen LogP contribution in [0.2, 0.25) is 0 Å². The number of imidazole rings is 2. The van der Waals surface area contributed by atoms with E-state index in [4.69, 9.17) is 4.74 Å². The van der Waals surface area contributed by atoms with E-state index in [9.17, 15) is 10.1 Å². The molecule has 6 heteroatoms. The Labute approximate surface area is 114 Å². The van der Waals surface area contributed by atoms with Crippen LogP contribution in [-0.2, 0) is 11.8 Å². The van der Waals surface area contributed by atoms with Gasteiger partial charge in [0.05, 0.1) is 17.6 Å². The average Bonchev–Trinajstić information content (AvgIpc) is 2.96. The zero-order chi connectivity index (χ0) is 14.3. The third-order valence-corrected chi connectivity index (χ3v) is 3.22. The molecular formula is C14H12N4O2. The highest BCUT2D eigenvalue weighted by atomic mass is 16.5. The van der Waals surface area contributed by atoms with Crippen molar-refractivity contribution in [3.63, 3.8) is 0 Å². The maximum Gasteiger partial charge on any atom is 0.358 e. The Bertz CT molecular complexity index is 867. The van der Waals surface area contributed by atoms with Crippen molar-refractivity contribution in [2.45, 2.75) is 6.92 Å². The van der Waals surface area contributed by atoms with Gasteiger partial charge in [0, 0.05) is 7.05 Å². The number of fused-ring (bicyclic) bond motifs is 3. The average molecular weight is 268 g/mol. The Balaban J connectivity index is 2.45. The molecule has 0 fully saturated rings. The lowest BCUT2D eigenvalue weighted by Crippen LogP contribution is -2.09. The normalized spacial score (nSPS) is 10.8. The largest absolute Gasteiger partial charge is 0.461 e. The van der Waals surface area contributed by atoms with E-state index in [0.717, 1.165) is 11.0 Å². The predicted octanol–water partition coefficient (Wildman–Crippen LogP) is 1.87. The molecule has 0 N–H and O–H groups in total. The van der Waals surface area contributed by atoms with Crippen molar-refractivity contribution in [2.24, 2.45) is 7.05 Å². The monoisotopic (exact) mass is 268 g/mol. The molecule has 2 aromatic heterocycles. The lowest BCUT2D eigenvalue weighted by molar-refractivity contribution is 0.0518. The number of nitriles is 1. The Kier molecular flexibility index (Phi) is 2.68. The molecule has 2 heterocycles. The molecule has 0 atom stereocenters. The fourth-order valence-corrected chi connectivity index (χ4v) is 2.37. The van der Waals surface area contributed by atoms with Gasteiger partial charge in [-0.3, -0.25) is 4.40 Å². The number of ether oxygens (including phenoxy) is 1. The van der Waals surface area contributed by atoms with Crippen molar-refractivity contribution >= 4 is 22.8 Å². The van der Waals surface area contributed by atoms with Crippen LogP contribution in [0.4, 0.5) is 0 Å². The zero-order valence-corrected chi connectivity index (χ0v) is 11.1. The van der Waals surface area contributed by atoms with Crippen LogP contribution >= 0.6 is 0 Å². The number of carbonyl (C=O) groups is 1. The van der Waals surface area contributed by atoms with E-state index in [1.807, 2.05) is 41.9 Å². The topological polar surface area (TPSA) is 72.3 Å². The number of aromatic nitrogens is 3. The number of hydrogen-bond acceptors (Lipinski definition) is 4. The Hall–Kier alpha value is -2.81. The third kappa shape index (κ3) is 1.50. The van der Waals surface area contributed by atoms with E-state index in [0.29, 0.717) is 5.78 Å². The third-order valence-electron chi connectivity index (χ3n) is 3.22. The first-order valence-electron chi connectivity index (χ1n) is 6.22. The summed E-state index contributed by atoms with van der Waals surface area (Å²) in [7, 11) is 1.85. The number of carbonyl (C=O) groups excluding carboxylic acids is 1. The minimum absolute atomic E-state index is 0.0832. The molecule has 0 aliphatic heterocycles. The number of nitrogens with zero attached hydrogens (tertiary/aromatic N) is 4. The Morgan fingerprint density at radius 2 is 2.10 bits per heavy atom. The molecule has 3 aromatic rings. The minimum atomic E-state index is -0.534. The first-order chi connectivity index (χ1) is 9.69. The molecular weight excluding hydrogens is 256 g/mol. The Morgan fingerprint density at radius 1 is 1.40 bits per heavy atom. The molecule has 0 saturated heterocycles. The molecule has 100 valence electrons. The van der Waals surface area contributed by atoms with Gasteiger partial charge in [-0.25, -0.2) is 9.78 Å². The fourth-order valence-electron chi connectivity index (χ4n) is 2.37. The van der Waals surface area contributed by atoms with E-state index in [2.05, 4.69) is 4.98 Å². The van der Waals surface area contributed by atoms with Gasteiger partial charge >= 0.3 is 5.97 Å². The molecule has 0 radical (unpaired) electrons. The van der Waals surface area contributed by atoms with Gasteiger partial charge in [-0.05, 0) is 19.1 Å². The number of aryl methyl sites for hydroxylation is 1. The maximum absolute atomic E-state index is 12.1. The number of para-hydroxylation sites is 2. The molecule has 0 unspecified atom stereocenters. The second-order valence-electron chi connectivity index (χ2n) is 4.32. The Morgan fingerprint density at radius 3 is 2.75 bits per heavy atom. The van der Waals surface area contributed by atoms with E-state index in [1.54, 1.807) is 11.3 Å². The lowest BCUT2D eigenvalue weighted by atomic mass is 10.3. The molecule has 0 aliphatic rings. The molecule has 1 aromatic carbocycles. The summed E-state index contributed by atoms with van der Waals surface area (Å²) in [5.74, 6) is 0.0127. The molecule has 20 heavy (non-hydrogen) atoms. The maximum atomic E-state index is 12.1. The van der Waals surface area contributed by atoms with Gasteiger partial charge < -0.3 is 9.30 Å². The number of esters is 1. The molecule has 0 aliphatic carbocycles. The van der Waals surface area contributed by atoms with E-state index < -0.39 is 5.97 Å². The standard InChI is InChI=1S/C14H12N4O2/c1-3-20-13(19)12-9(8-15)16-14-17(2)10-6-4-5-7-11(10)18(12)14/h4-7H,3H2,1-2H3. The molecule has 0 amide bonds. The summed E-state index contributed by atoms with van der Waals surface area (Å²) in [5, 5.41) is 9.18. The van der Waals surface area contributed by atoms with Crippen molar-refractivity contribution in [3.05, 3.63) is 35.7 Å². The first-order valence-corrected chi connectivity index (χ1v) is 6.22. The highest BCUT2D eigenvalue weighted by Crippen LogP contribution is 2.23. The summed E-state index contributed by atoms with van der Waals surface area (Å²) in [6, 6.07) is 9.57. The molecule has 0 spiro atoms. The van der Waals surface area contributed by atoms with Crippen LogP contribution in [0, 0.1) is 11.3 Å². The van der Waals surface area contributed by atoms with Crippen molar-refractivity contribution in [2.75, 3.05) is 6.61 Å². The van der Waals surface area contributed by atoms with Crippen LogP contribution in [0.3, 0.4) is 0 Å². The van der Waals surface area contributed by atoms with Crippen LogP contribution in [0.25, 0.3) is 16.8 Å². The van der Waals surface area contributed by atoms with Gasteiger partial charge in [-0.1, -0.05) is 12.1 Å². The summed E-state index contributed by atoms with van der Waals surface area (Å²) in [6.07, 6.45) is 0. The summed E-state index contributed by atoms with van der Waals surface area (Å²) in [4.78, 5) is 16.3. The first kappa shape index (κ1) is 12.2. The number of hydrogen-bond donors (Lipinski definition) is 0. The molecule has 6 nitrogen and oxygen atoms in total. The molecule has 0 saturated carbocycles. The van der Waals surface area contributed by atoms with Crippen molar-refractivity contribution in [1.29, 1.82) is 5.26 Å². The van der Waals surface area contributed by atoms with Crippen molar-refractivity contribution in [1.82, 2.24) is 14.0 Å². The van der Waals surface area contributed by atoms with Crippen molar-refractivity contribution in [3.8, 4) is 6.07 Å². The van der Waals surface area contributed by atoms with Gasteiger partial charge in [0.1, 0.15) is 6.07 Å². The van der Waals surface area contributed by atoms with Crippen LogP contribution < -0.4 is 0 Å². The highest BCUT2D eigenvalue weighted by Gasteiger charge is 2.24. The highest BCUT2D eigenvalue weighted by molar-refractivity contribution is 5.94. The lowest BCUT2D eigenvalue weighted by Gasteiger charge is -2.01. The van der Waals surface area contributed by atoms with Crippen LogP contribution in [0.1, 0.15) is 23.1 Å². The van der Waals surface area contributed by atoms with Crippen LogP contribution in [0.15, 0.2) is 24.3 Å². The predicted molar refractivity (Wildman–Crippen MR) is 72.3 cm³/mol. The fraction of sp³-hybridized carbons (Fsp3) is 0.214. The number of rotatable bonds is 2. The summed E-state index contributed by atoms with van der Waals surface area (Å²) >= 11 is 0. The smallest absolute Gasteiger partial charge is 0.358 e. The van der Waals surface area contributed by atoms with Gasteiger partial charge in [-0.2, -0.15) is 5.26 Å². The van der Waals surface area contributed by atoms with Gasteiger partial charge in [0.15, 0.2) is 11.4 Å². The summed E-state index contributed by atoms with van der Waals surface area (Å²) in [5.41, 5.74) is 2.02. The van der Waals surface area contributed by atoms with E-state index in [-0.39, 0.29) is 18.0 Å². The second kappa shape index (κ2) is 4.38. The summed E-state index contributed by atoms with van der Waals surface area (Å²) in [6.45, 7) is 1.98. The SMILES string of the molecule is CCOC(=O)c1c(C#N)nc2n(C)c3ccccc3n12. The van der Waals surface area contributed by atoms with Gasteiger partial charge in [0.25, 0.3) is 0 Å². The summed E-state index contributed by atoms with van der Waals surface area (Å²) < 4.78 is 8.55. The van der Waals surface area contributed by atoms with Gasteiger partial charge in [-0.15, -0.1) is 0 Å². The quantitative estimate of drug-likeness (QED) is 0.665. The van der Waals surface area contributed by atoms with E-state index in [1.165, 1.54) is 0 Å².